The number of nitrogens with zero attached hydrogens (tertiary/aromatic N) is 2. The Balaban J connectivity index is 1.78. The Bertz CT molecular complexity index is 989. The average Bonchev–Trinajstić information content (AvgIpc) is 3.18. The summed E-state index contributed by atoms with van der Waals surface area (Å²) in [4.78, 5) is 30.7. The molecule has 0 unspecified atom stereocenters. The van der Waals surface area contributed by atoms with Crippen molar-refractivity contribution in [2.45, 2.75) is 18.2 Å². The molecule has 2 aromatic heterocycles. The molecule has 0 aliphatic heterocycles. The number of ether oxygens (including phenoxy) is 1. The summed E-state index contributed by atoms with van der Waals surface area (Å²) in [6, 6.07) is 9.32. The lowest BCUT2D eigenvalue weighted by Crippen LogP contribution is -2.27. The third-order valence-corrected chi connectivity index (χ3v) is 6.12. The number of rotatable bonds is 8. The molecule has 6 nitrogen and oxygen atoms in total. The molecule has 1 amide bonds. The number of hydrogen-bond donors (Lipinski definition) is 1. The van der Waals surface area contributed by atoms with Gasteiger partial charge < -0.3 is 10.1 Å². The number of carbonyl (C=O) groups excluding carboxylic acids is 1. The molecule has 3 aromatic rings. The van der Waals surface area contributed by atoms with E-state index in [1.165, 1.54) is 11.8 Å². The summed E-state index contributed by atoms with van der Waals surface area (Å²) in [6.45, 7) is 1.27. The number of methoxy groups -OCH3 is 1. The topological polar surface area (TPSA) is 73.2 Å². The number of amides is 1. The Morgan fingerprint density at radius 2 is 2.26 bits per heavy atom. The van der Waals surface area contributed by atoms with Crippen LogP contribution in [0.15, 0.2) is 50.1 Å². The Kier molecular flexibility index (Phi) is 7.06. The van der Waals surface area contributed by atoms with Crippen molar-refractivity contribution < 1.29 is 9.53 Å². The van der Waals surface area contributed by atoms with Crippen LogP contribution in [0.3, 0.4) is 0 Å². The van der Waals surface area contributed by atoms with Crippen LogP contribution >= 0.6 is 39.0 Å². The average molecular weight is 468 g/mol. The van der Waals surface area contributed by atoms with Gasteiger partial charge in [-0.05, 0) is 29.6 Å². The first-order chi connectivity index (χ1) is 13.1. The van der Waals surface area contributed by atoms with Crippen LogP contribution in [0.2, 0.25) is 0 Å². The Morgan fingerprint density at radius 1 is 1.41 bits per heavy atom. The molecule has 3 rings (SSSR count). The van der Waals surface area contributed by atoms with Crippen molar-refractivity contribution in [1.82, 2.24) is 14.9 Å². The van der Waals surface area contributed by atoms with Crippen LogP contribution in [0.4, 0.5) is 0 Å². The minimum Gasteiger partial charge on any atom is -0.383 e. The van der Waals surface area contributed by atoms with Crippen LogP contribution in [0, 0.1) is 0 Å². The Morgan fingerprint density at radius 3 is 3.00 bits per heavy atom. The molecule has 0 fully saturated rings. The zero-order valence-electron chi connectivity index (χ0n) is 14.6. The fourth-order valence-electron chi connectivity index (χ4n) is 2.44. The molecule has 1 aromatic carbocycles. The maximum Gasteiger partial charge on any atom is 0.262 e. The summed E-state index contributed by atoms with van der Waals surface area (Å²) in [5.74, 6) is 0.0872. The second kappa shape index (κ2) is 9.50. The molecule has 2 heterocycles. The predicted octanol–water partition coefficient (Wildman–Crippen LogP) is 3.28. The van der Waals surface area contributed by atoms with Gasteiger partial charge in [-0.1, -0.05) is 33.8 Å². The minimum atomic E-state index is -0.139. The van der Waals surface area contributed by atoms with Crippen molar-refractivity contribution in [3.05, 3.63) is 55.4 Å². The van der Waals surface area contributed by atoms with Crippen LogP contribution in [0.25, 0.3) is 10.9 Å². The highest BCUT2D eigenvalue weighted by Crippen LogP contribution is 2.20. The van der Waals surface area contributed by atoms with E-state index in [9.17, 15) is 9.59 Å². The molecule has 0 aliphatic carbocycles. The fourth-order valence-corrected chi connectivity index (χ4v) is 4.30. The van der Waals surface area contributed by atoms with Crippen molar-refractivity contribution in [3.63, 3.8) is 0 Å². The van der Waals surface area contributed by atoms with E-state index >= 15 is 0 Å². The zero-order valence-corrected chi connectivity index (χ0v) is 17.8. The maximum atomic E-state index is 12.9. The van der Waals surface area contributed by atoms with Crippen molar-refractivity contribution in [2.75, 3.05) is 19.5 Å². The quantitative estimate of drug-likeness (QED) is 0.406. The molecule has 0 atom stereocenters. The molecule has 0 aliphatic rings. The van der Waals surface area contributed by atoms with E-state index in [-0.39, 0.29) is 17.2 Å². The van der Waals surface area contributed by atoms with Crippen LogP contribution in [-0.4, -0.2) is 34.9 Å². The number of carbonyl (C=O) groups is 1. The normalized spacial score (nSPS) is 11.0. The highest BCUT2D eigenvalue weighted by Gasteiger charge is 2.13. The Hall–Kier alpha value is -1.68. The number of fused-ring (bicyclic) bond motifs is 1. The van der Waals surface area contributed by atoms with E-state index in [2.05, 4.69) is 26.2 Å². The van der Waals surface area contributed by atoms with E-state index in [0.29, 0.717) is 35.8 Å². The molecule has 1 N–H and O–H groups in total. The molecule has 0 saturated carbocycles. The standard InChI is InChI=1S/C18H18BrN3O3S2/c1-25-7-6-22-17(24)14-9-12(19)4-5-15(14)21-18(22)27-11-16(23)20-10-13-3-2-8-26-13/h2-5,8-9H,6-7,10-11H2,1H3,(H,20,23). The van der Waals surface area contributed by atoms with Gasteiger partial charge in [0.1, 0.15) is 0 Å². The molecule has 27 heavy (non-hydrogen) atoms. The molecular weight excluding hydrogens is 450 g/mol. The first-order valence-electron chi connectivity index (χ1n) is 8.19. The van der Waals surface area contributed by atoms with Crippen molar-refractivity contribution >= 4 is 55.8 Å². The zero-order chi connectivity index (χ0) is 19.2. The highest BCUT2D eigenvalue weighted by atomic mass is 79.9. The molecule has 0 saturated heterocycles. The molecule has 142 valence electrons. The summed E-state index contributed by atoms with van der Waals surface area (Å²) in [6.07, 6.45) is 0. The van der Waals surface area contributed by atoms with Crippen LogP contribution in [-0.2, 0) is 22.6 Å². The van der Waals surface area contributed by atoms with Crippen LogP contribution in [0.1, 0.15) is 4.88 Å². The smallest absolute Gasteiger partial charge is 0.262 e. The summed E-state index contributed by atoms with van der Waals surface area (Å²) in [7, 11) is 1.58. The molecule has 0 radical (unpaired) electrons. The van der Waals surface area contributed by atoms with E-state index in [0.717, 1.165) is 9.35 Å². The first kappa shape index (κ1) is 20.1. The number of nitrogens with one attached hydrogen (secondary N) is 1. The number of aromatic nitrogens is 2. The van der Waals surface area contributed by atoms with Gasteiger partial charge in [-0.3, -0.25) is 14.2 Å². The van der Waals surface area contributed by atoms with Gasteiger partial charge in [0.2, 0.25) is 5.91 Å². The SMILES string of the molecule is COCCn1c(SCC(=O)NCc2cccs2)nc2ccc(Br)cc2c1=O. The summed E-state index contributed by atoms with van der Waals surface area (Å²) in [5, 5.41) is 5.90. The fraction of sp³-hybridized carbons (Fsp3) is 0.278. The monoisotopic (exact) mass is 467 g/mol. The molecular formula is C18H18BrN3O3S2. The van der Waals surface area contributed by atoms with Gasteiger partial charge in [0.25, 0.3) is 5.56 Å². The lowest BCUT2D eigenvalue weighted by atomic mass is 10.2. The predicted molar refractivity (Wildman–Crippen MR) is 112 cm³/mol. The van der Waals surface area contributed by atoms with Crippen LogP contribution < -0.4 is 10.9 Å². The number of halogens is 1. The first-order valence-corrected chi connectivity index (χ1v) is 10.8. The lowest BCUT2D eigenvalue weighted by Gasteiger charge is -2.13. The third-order valence-electron chi connectivity index (χ3n) is 3.77. The summed E-state index contributed by atoms with van der Waals surface area (Å²) < 4.78 is 7.50. The highest BCUT2D eigenvalue weighted by molar-refractivity contribution is 9.10. The van der Waals surface area contributed by atoms with E-state index in [1.54, 1.807) is 35.1 Å². The number of benzene rings is 1. The summed E-state index contributed by atoms with van der Waals surface area (Å²) in [5.41, 5.74) is 0.471. The van der Waals surface area contributed by atoms with E-state index < -0.39 is 0 Å². The van der Waals surface area contributed by atoms with Gasteiger partial charge in [0.05, 0.1) is 36.4 Å². The van der Waals surface area contributed by atoms with Gasteiger partial charge in [0, 0.05) is 16.5 Å². The molecule has 0 bridgehead atoms. The van der Waals surface area contributed by atoms with E-state index in [1.807, 2.05) is 23.6 Å². The van der Waals surface area contributed by atoms with Gasteiger partial charge in [-0.15, -0.1) is 11.3 Å². The Labute approximate surface area is 173 Å². The van der Waals surface area contributed by atoms with E-state index in [4.69, 9.17) is 4.74 Å². The summed E-state index contributed by atoms with van der Waals surface area (Å²) >= 11 is 6.24. The molecule has 9 heteroatoms. The largest absolute Gasteiger partial charge is 0.383 e. The lowest BCUT2D eigenvalue weighted by molar-refractivity contribution is -0.118. The van der Waals surface area contributed by atoms with Crippen LogP contribution in [0.5, 0.6) is 0 Å². The second-order valence-electron chi connectivity index (χ2n) is 5.65. The van der Waals surface area contributed by atoms with Gasteiger partial charge >= 0.3 is 0 Å². The van der Waals surface area contributed by atoms with Crippen molar-refractivity contribution in [2.24, 2.45) is 0 Å². The van der Waals surface area contributed by atoms with Gasteiger partial charge in [-0.25, -0.2) is 4.98 Å². The number of thioether (sulfide) groups is 1. The number of thiophene rings is 1. The second-order valence-corrected chi connectivity index (χ2v) is 8.54. The van der Waals surface area contributed by atoms with Crippen molar-refractivity contribution in [3.8, 4) is 0 Å². The maximum absolute atomic E-state index is 12.9. The number of hydrogen-bond acceptors (Lipinski definition) is 6. The minimum absolute atomic E-state index is 0.100. The van der Waals surface area contributed by atoms with Crippen molar-refractivity contribution in [1.29, 1.82) is 0 Å². The van der Waals surface area contributed by atoms with Gasteiger partial charge in [0.15, 0.2) is 5.16 Å². The van der Waals surface area contributed by atoms with Gasteiger partial charge in [-0.2, -0.15) is 0 Å². The molecule has 0 spiro atoms. The third kappa shape index (κ3) is 5.19.